The van der Waals surface area contributed by atoms with Crippen molar-refractivity contribution < 1.29 is 0 Å². The molecule has 2 aromatic heterocycles. The number of nitrogens with zero attached hydrogens (tertiary/aromatic N) is 5. The Balaban J connectivity index is 1.16. The molecule has 0 N–H and O–H groups in total. The zero-order valence-electron chi connectivity index (χ0n) is 28.0. The highest BCUT2D eigenvalue weighted by Gasteiger charge is 2.32. The van der Waals surface area contributed by atoms with Gasteiger partial charge in [-0.1, -0.05) is 102 Å². The molecule has 240 valence electrons. The Morgan fingerprint density at radius 3 is 1.53 bits per heavy atom. The summed E-state index contributed by atoms with van der Waals surface area (Å²) in [6.07, 6.45) is 0. The highest BCUT2D eigenvalue weighted by molar-refractivity contribution is 6.23. The Labute approximate surface area is 295 Å². The van der Waals surface area contributed by atoms with Crippen LogP contribution in [0.3, 0.4) is 0 Å². The molecule has 0 fully saturated rings. The molecule has 0 saturated carbocycles. The first-order valence-corrected chi connectivity index (χ1v) is 17.2. The van der Waals surface area contributed by atoms with Crippen LogP contribution < -0.4 is 4.67 Å². The van der Waals surface area contributed by atoms with Gasteiger partial charge in [-0.05, 0) is 78.9 Å². The maximum Gasteiger partial charge on any atom is 0.360 e. The van der Waals surface area contributed by atoms with E-state index in [-0.39, 0.29) is 0 Å². The first-order valence-electron chi connectivity index (χ1n) is 17.2. The molecular weight excluding hydrogens is 623 g/mol. The molecule has 9 aromatic rings. The average molecular weight is 655 g/mol. The topological polar surface area (TPSA) is 39.6 Å². The highest BCUT2D eigenvalue weighted by Crippen LogP contribution is 2.37. The molecule has 5 heteroatoms. The van der Waals surface area contributed by atoms with Crippen LogP contribution >= 0.6 is 0 Å². The number of aromatic nitrogens is 2. The first kappa shape index (κ1) is 29.0. The number of fused-ring (bicyclic) bond motifs is 6. The van der Waals surface area contributed by atoms with Crippen molar-refractivity contribution in [1.29, 1.82) is 0 Å². The van der Waals surface area contributed by atoms with E-state index >= 15 is 0 Å². The van der Waals surface area contributed by atoms with Crippen molar-refractivity contribution in [3.8, 4) is 11.4 Å². The van der Waals surface area contributed by atoms with Gasteiger partial charge in [0, 0.05) is 32.9 Å². The SMILES string of the molecule is CN1C(c2ccccc2)=NC(c2ccccc2)=[N+]=C1c1cccc(-n2c3ccccc3c3cc(-n4c5ccccc5c5ccccc54)ccc32)c1. The number of para-hydroxylation sites is 3. The number of hydrogen-bond acceptors (Lipinski definition) is 2. The molecule has 0 bridgehead atoms. The normalized spacial score (nSPS) is 13.2. The molecule has 0 radical (unpaired) electrons. The van der Waals surface area contributed by atoms with Crippen molar-refractivity contribution in [2.45, 2.75) is 0 Å². The largest absolute Gasteiger partial charge is 0.360 e. The lowest BCUT2D eigenvalue weighted by molar-refractivity contribution is 0.747. The lowest BCUT2D eigenvalue weighted by Crippen LogP contribution is -2.40. The summed E-state index contributed by atoms with van der Waals surface area (Å²) in [5, 5.41) is 4.94. The summed E-state index contributed by atoms with van der Waals surface area (Å²) in [5.74, 6) is 2.40. The van der Waals surface area contributed by atoms with Crippen molar-refractivity contribution in [3.63, 3.8) is 0 Å². The van der Waals surface area contributed by atoms with Crippen LogP contribution in [0.2, 0.25) is 0 Å². The minimum atomic E-state index is 0.697. The maximum atomic E-state index is 5.18. The van der Waals surface area contributed by atoms with Gasteiger partial charge in [0.25, 0.3) is 5.84 Å². The second kappa shape index (κ2) is 11.6. The van der Waals surface area contributed by atoms with Crippen LogP contribution in [0.15, 0.2) is 181 Å². The summed E-state index contributed by atoms with van der Waals surface area (Å²) in [6, 6.07) is 62.2. The fourth-order valence-corrected chi connectivity index (χ4v) is 7.66. The number of hydrogen-bond donors (Lipinski definition) is 0. The van der Waals surface area contributed by atoms with Crippen molar-refractivity contribution in [2.75, 3.05) is 7.05 Å². The van der Waals surface area contributed by atoms with Crippen LogP contribution in [0.1, 0.15) is 16.7 Å². The third-order valence-corrected chi connectivity index (χ3v) is 9.98. The Morgan fingerprint density at radius 2 is 0.902 bits per heavy atom. The van der Waals surface area contributed by atoms with E-state index < -0.39 is 0 Å². The predicted molar refractivity (Wildman–Crippen MR) is 213 cm³/mol. The second-order valence-corrected chi connectivity index (χ2v) is 13.0. The molecule has 0 spiro atoms. The van der Waals surface area contributed by atoms with Gasteiger partial charge < -0.3 is 9.13 Å². The van der Waals surface area contributed by atoms with Crippen LogP contribution in [0.4, 0.5) is 0 Å². The molecule has 0 aliphatic carbocycles. The van der Waals surface area contributed by atoms with Gasteiger partial charge in [-0.2, -0.15) is 0 Å². The van der Waals surface area contributed by atoms with Crippen molar-refractivity contribution in [3.05, 3.63) is 193 Å². The molecular formula is C46H32N5+. The highest BCUT2D eigenvalue weighted by atomic mass is 15.2. The average Bonchev–Trinajstić information content (AvgIpc) is 3.71. The molecule has 1 aliphatic rings. The van der Waals surface area contributed by atoms with E-state index in [0.29, 0.717) is 5.84 Å². The molecule has 0 amide bonds. The van der Waals surface area contributed by atoms with E-state index in [2.05, 4.69) is 173 Å². The van der Waals surface area contributed by atoms with Gasteiger partial charge in [-0.3, -0.25) is 0 Å². The first-order chi connectivity index (χ1) is 25.2. The molecule has 0 atom stereocenters. The quantitative estimate of drug-likeness (QED) is 0.170. The standard InChI is InChI=1S/C46H32N5/c1-49-45(32-17-6-3-7-18-32)47-44(31-15-4-2-5-16-31)48-46(49)33-19-14-20-34(29-33)50-42-26-13-10-23-38(42)39-30-35(27-28-43(39)50)51-40-24-11-8-21-36(40)37-22-9-12-25-41(37)51/h2-30H,1H3/q+1. The van der Waals surface area contributed by atoms with Crippen LogP contribution in [0.5, 0.6) is 0 Å². The number of rotatable bonds is 5. The monoisotopic (exact) mass is 654 g/mol. The van der Waals surface area contributed by atoms with E-state index in [1.807, 2.05) is 24.3 Å². The number of amidine groups is 3. The van der Waals surface area contributed by atoms with Crippen LogP contribution in [0, 0.1) is 0 Å². The van der Waals surface area contributed by atoms with Crippen molar-refractivity contribution >= 4 is 61.1 Å². The van der Waals surface area contributed by atoms with Gasteiger partial charge in [-0.25, -0.2) is 9.57 Å². The summed E-state index contributed by atoms with van der Waals surface area (Å²) in [6.45, 7) is 0. The summed E-state index contributed by atoms with van der Waals surface area (Å²) in [5.41, 5.74) is 9.97. The molecule has 0 unspecified atom stereocenters. The van der Waals surface area contributed by atoms with E-state index in [1.54, 1.807) is 0 Å². The third-order valence-electron chi connectivity index (χ3n) is 9.98. The summed E-state index contributed by atoms with van der Waals surface area (Å²) < 4.78 is 9.94. The summed E-state index contributed by atoms with van der Waals surface area (Å²) >= 11 is 0. The number of benzene rings is 7. The van der Waals surface area contributed by atoms with Crippen LogP contribution in [-0.2, 0) is 0 Å². The fraction of sp³-hybridized carbons (Fsp3) is 0.0217. The van der Waals surface area contributed by atoms with Crippen LogP contribution in [0.25, 0.3) is 55.0 Å². The predicted octanol–water partition coefficient (Wildman–Crippen LogP) is 9.53. The lowest BCUT2D eigenvalue weighted by Gasteiger charge is -2.17. The van der Waals surface area contributed by atoms with Gasteiger partial charge in [-0.15, -0.1) is 0 Å². The fourth-order valence-electron chi connectivity index (χ4n) is 7.66. The minimum Gasteiger partial charge on any atom is -0.309 e. The van der Waals surface area contributed by atoms with Crippen molar-refractivity contribution in [1.82, 2.24) is 18.7 Å². The Morgan fingerprint density at radius 1 is 0.412 bits per heavy atom. The van der Waals surface area contributed by atoms with E-state index in [4.69, 9.17) is 9.66 Å². The molecule has 0 saturated heterocycles. The van der Waals surface area contributed by atoms with Gasteiger partial charge in [0.1, 0.15) is 0 Å². The molecule has 10 rings (SSSR count). The molecule has 51 heavy (non-hydrogen) atoms. The summed E-state index contributed by atoms with van der Waals surface area (Å²) in [7, 11) is 2.05. The maximum absolute atomic E-state index is 5.18. The van der Waals surface area contributed by atoms with Crippen molar-refractivity contribution in [2.24, 2.45) is 4.99 Å². The zero-order chi connectivity index (χ0) is 33.9. The third kappa shape index (κ3) is 4.64. The Hall–Kier alpha value is -6.94. The Bertz CT molecular complexity index is 2850. The minimum absolute atomic E-state index is 0.697. The molecule has 1 aliphatic heterocycles. The smallest absolute Gasteiger partial charge is 0.309 e. The second-order valence-electron chi connectivity index (χ2n) is 13.0. The summed E-state index contributed by atoms with van der Waals surface area (Å²) in [4.78, 5) is 7.17. The van der Waals surface area contributed by atoms with Gasteiger partial charge in [0.2, 0.25) is 0 Å². The van der Waals surface area contributed by atoms with Gasteiger partial charge >= 0.3 is 11.7 Å². The molecule has 3 heterocycles. The van der Waals surface area contributed by atoms with Gasteiger partial charge in [0.15, 0.2) is 0 Å². The van der Waals surface area contributed by atoms with Gasteiger partial charge in [0.05, 0.1) is 45.8 Å². The molecule has 7 aromatic carbocycles. The van der Waals surface area contributed by atoms with E-state index in [1.165, 1.54) is 32.6 Å². The Kier molecular flexibility index (Phi) is 6.60. The number of aliphatic imine (C=N–C) groups is 1. The van der Waals surface area contributed by atoms with E-state index in [0.717, 1.165) is 50.8 Å². The van der Waals surface area contributed by atoms with Crippen LogP contribution in [-0.4, -0.2) is 38.6 Å². The zero-order valence-corrected chi connectivity index (χ0v) is 28.0. The lowest BCUT2D eigenvalue weighted by atomic mass is 10.1. The van der Waals surface area contributed by atoms with E-state index in [9.17, 15) is 0 Å². The molecule has 5 nitrogen and oxygen atoms in total.